The van der Waals surface area contributed by atoms with Gasteiger partial charge in [-0.2, -0.15) is 0 Å². The van der Waals surface area contributed by atoms with E-state index in [4.69, 9.17) is 15.3 Å². The van der Waals surface area contributed by atoms with Gasteiger partial charge in [0.1, 0.15) is 0 Å². The number of nitrogens with two attached hydrogens (primary N) is 1. The zero-order chi connectivity index (χ0) is 11.9. The summed E-state index contributed by atoms with van der Waals surface area (Å²) in [7, 11) is 3.44. The molecule has 0 aliphatic rings. The third-order valence-corrected chi connectivity index (χ3v) is 2.55. The van der Waals surface area contributed by atoms with Crippen LogP contribution < -0.4 is 11.3 Å². The van der Waals surface area contributed by atoms with Gasteiger partial charge in [0.25, 0.3) is 0 Å². The van der Waals surface area contributed by atoms with E-state index in [0.717, 1.165) is 19.4 Å². The Labute approximate surface area is 93.5 Å². The van der Waals surface area contributed by atoms with Crippen molar-refractivity contribution in [2.75, 3.05) is 20.8 Å². The van der Waals surface area contributed by atoms with Gasteiger partial charge in [-0.15, -0.1) is 0 Å². The fourth-order valence-corrected chi connectivity index (χ4v) is 1.89. The molecule has 0 heterocycles. The monoisotopic (exact) mass is 218 g/mol. The molecule has 2 unspecified atom stereocenters. The SMILES string of the molecule is COCCCC(NN)C(OC)C(C)(C)C. The van der Waals surface area contributed by atoms with Crippen molar-refractivity contribution in [3.8, 4) is 0 Å². The van der Waals surface area contributed by atoms with Gasteiger partial charge in [0.05, 0.1) is 6.10 Å². The molecule has 0 bridgehead atoms. The van der Waals surface area contributed by atoms with Gasteiger partial charge >= 0.3 is 0 Å². The molecule has 2 atom stereocenters. The maximum Gasteiger partial charge on any atom is 0.0785 e. The molecular formula is C11H26N2O2. The quantitative estimate of drug-likeness (QED) is 0.384. The van der Waals surface area contributed by atoms with Gasteiger partial charge in [-0.3, -0.25) is 11.3 Å². The standard InChI is InChI=1S/C11H26N2O2/c1-11(2,3)10(15-5)9(13-12)7-6-8-14-4/h9-10,13H,6-8,12H2,1-5H3. The summed E-state index contributed by atoms with van der Waals surface area (Å²) in [6.45, 7) is 7.23. The van der Waals surface area contributed by atoms with E-state index in [1.54, 1.807) is 14.2 Å². The minimum Gasteiger partial charge on any atom is -0.385 e. The number of hydrazine groups is 1. The van der Waals surface area contributed by atoms with Crippen molar-refractivity contribution in [3.05, 3.63) is 0 Å². The highest BCUT2D eigenvalue weighted by molar-refractivity contribution is 4.84. The molecule has 0 spiro atoms. The first-order chi connectivity index (χ1) is 6.97. The predicted molar refractivity (Wildman–Crippen MR) is 62.5 cm³/mol. The minimum atomic E-state index is 0.0822. The van der Waals surface area contributed by atoms with Crippen molar-refractivity contribution < 1.29 is 9.47 Å². The number of hydrogen-bond acceptors (Lipinski definition) is 4. The largest absolute Gasteiger partial charge is 0.385 e. The Morgan fingerprint density at radius 2 is 1.87 bits per heavy atom. The maximum atomic E-state index is 5.56. The minimum absolute atomic E-state index is 0.0822. The molecule has 0 aromatic heterocycles. The van der Waals surface area contributed by atoms with Crippen LogP contribution >= 0.6 is 0 Å². The zero-order valence-corrected chi connectivity index (χ0v) is 10.7. The number of rotatable bonds is 7. The average molecular weight is 218 g/mol. The first-order valence-electron chi connectivity index (χ1n) is 5.45. The van der Waals surface area contributed by atoms with Gasteiger partial charge < -0.3 is 9.47 Å². The molecule has 3 N–H and O–H groups in total. The second kappa shape index (κ2) is 7.17. The Kier molecular flexibility index (Phi) is 7.09. The summed E-state index contributed by atoms with van der Waals surface area (Å²) in [5, 5.41) is 0. The summed E-state index contributed by atoms with van der Waals surface area (Å²) in [6.07, 6.45) is 2.06. The van der Waals surface area contributed by atoms with E-state index in [2.05, 4.69) is 26.2 Å². The van der Waals surface area contributed by atoms with Gasteiger partial charge in [-0.25, -0.2) is 0 Å². The lowest BCUT2D eigenvalue weighted by Crippen LogP contribution is -2.50. The summed E-state index contributed by atoms with van der Waals surface area (Å²) in [5.74, 6) is 5.56. The van der Waals surface area contributed by atoms with Crippen LogP contribution in [-0.2, 0) is 9.47 Å². The second-order valence-electron chi connectivity index (χ2n) is 4.93. The van der Waals surface area contributed by atoms with Crippen molar-refractivity contribution in [1.82, 2.24) is 5.43 Å². The summed E-state index contributed by atoms with van der Waals surface area (Å²) < 4.78 is 10.5. The lowest BCUT2D eigenvalue weighted by molar-refractivity contribution is -0.0148. The molecule has 4 heteroatoms. The highest BCUT2D eigenvalue weighted by Gasteiger charge is 2.31. The third kappa shape index (κ3) is 5.47. The Morgan fingerprint density at radius 3 is 2.20 bits per heavy atom. The van der Waals surface area contributed by atoms with Crippen molar-refractivity contribution in [1.29, 1.82) is 0 Å². The van der Waals surface area contributed by atoms with Crippen LogP contribution in [0.2, 0.25) is 0 Å². The summed E-state index contributed by atoms with van der Waals surface area (Å²) in [6, 6.07) is 0.171. The Hall–Kier alpha value is -0.160. The van der Waals surface area contributed by atoms with E-state index >= 15 is 0 Å². The lowest BCUT2D eigenvalue weighted by Gasteiger charge is -2.35. The van der Waals surface area contributed by atoms with E-state index in [1.807, 2.05) is 0 Å². The molecule has 0 rings (SSSR count). The summed E-state index contributed by atoms with van der Waals surface area (Å²) >= 11 is 0. The molecule has 0 aromatic carbocycles. The number of ether oxygens (including phenoxy) is 2. The number of hydrogen-bond donors (Lipinski definition) is 2. The normalized spacial score (nSPS) is 16.4. The van der Waals surface area contributed by atoms with E-state index < -0.39 is 0 Å². The molecule has 0 saturated heterocycles. The zero-order valence-electron chi connectivity index (χ0n) is 10.7. The van der Waals surface area contributed by atoms with Crippen molar-refractivity contribution in [2.45, 2.75) is 45.8 Å². The van der Waals surface area contributed by atoms with Gasteiger partial charge in [0, 0.05) is 26.9 Å². The second-order valence-corrected chi connectivity index (χ2v) is 4.93. The molecule has 0 fully saturated rings. The smallest absolute Gasteiger partial charge is 0.0785 e. The summed E-state index contributed by atoms with van der Waals surface area (Å²) in [4.78, 5) is 0. The molecule has 0 aliphatic heterocycles. The topological polar surface area (TPSA) is 56.5 Å². The van der Waals surface area contributed by atoms with Crippen LogP contribution in [0.1, 0.15) is 33.6 Å². The number of nitrogens with one attached hydrogen (secondary N) is 1. The Bertz CT molecular complexity index is 157. The molecule has 0 aliphatic carbocycles. The van der Waals surface area contributed by atoms with Crippen LogP contribution in [0.4, 0.5) is 0 Å². The summed E-state index contributed by atoms with van der Waals surface area (Å²) in [5.41, 5.74) is 2.92. The molecule has 0 saturated carbocycles. The number of methoxy groups -OCH3 is 2. The molecule has 0 amide bonds. The average Bonchev–Trinajstić information content (AvgIpc) is 2.14. The van der Waals surface area contributed by atoms with Gasteiger partial charge in [0.2, 0.25) is 0 Å². The maximum absolute atomic E-state index is 5.56. The molecule has 92 valence electrons. The lowest BCUT2D eigenvalue weighted by atomic mass is 9.83. The first kappa shape index (κ1) is 14.8. The Morgan fingerprint density at radius 1 is 1.27 bits per heavy atom. The molecule has 15 heavy (non-hydrogen) atoms. The van der Waals surface area contributed by atoms with Crippen LogP contribution in [0.5, 0.6) is 0 Å². The van der Waals surface area contributed by atoms with E-state index in [1.165, 1.54) is 0 Å². The van der Waals surface area contributed by atoms with Crippen molar-refractivity contribution in [3.63, 3.8) is 0 Å². The molecule has 0 aromatic rings. The van der Waals surface area contributed by atoms with E-state index in [9.17, 15) is 0 Å². The van der Waals surface area contributed by atoms with Crippen LogP contribution in [0.15, 0.2) is 0 Å². The molecule has 0 radical (unpaired) electrons. The predicted octanol–water partition coefficient (Wildman–Crippen LogP) is 1.31. The van der Waals surface area contributed by atoms with Gasteiger partial charge in [-0.1, -0.05) is 20.8 Å². The Balaban J connectivity index is 4.22. The van der Waals surface area contributed by atoms with Crippen LogP contribution in [0, 0.1) is 5.41 Å². The van der Waals surface area contributed by atoms with Crippen molar-refractivity contribution in [2.24, 2.45) is 11.3 Å². The van der Waals surface area contributed by atoms with Crippen LogP contribution in [-0.4, -0.2) is 33.0 Å². The highest BCUT2D eigenvalue weighted by Crippen LogP contribution is 2.26. The van der Waals surface area contributed by atoms with Crippen LogP contribution in [0.25, 0.3) is 0 Å². The van der Waals surface area contributed by atoms with Crippen molar-refractivity contribution >= 4 is 0 Å². The highest BCUT2D eigenvalue weighted by atomic mass is 16.5. The fraction of sp³-hybridized carbons (Fsp3) is 1.00. The first-order valence-corrected chi connectivity index (χ1v) is 5.45. The van der Waals surface area contributed by atoms with Crippen LogP contribution in [0.3, 0.4) is 0 Å². The van der Waals surface area contributed by atoms with E-state index in [0.29, 0.717) is 0 Å². The molecular weight excluding hydrogens is 192 g/mol. The molecule has 4 nitrogen and oxygen atoms in total. The van der Waals surface area contributed by atoms with Gasteiger partial charge in [-0.05, 0) is 18.3 Å². The van der Waals surface area contributed by atoms with E-state index in [-0.39, 0.29) is 17.6 Å². The van der Waals surface area contributed by atoms with Gasteiger partial charge in [0.15, 0.2) is 0 Å². The fourth-order valence-electron chi connectivity index (χ4n) is 1.89. The third-order valence-electron chi connectivity index (χ3n) is 2.55.